The number of benzene rings is 2. The molecular weight excluding hydrogens is 332 g/mol. The van der Waals surface area contributed by atoms with Crippen molar-refractivity contribution in [3.63, 3.8) is 0 Å². The minimum absolute atomic E-state index is 0.123. The van der Waals surface area contributed by atoms with Gasteiger partial charge in [-0.15, -0.1) is 0 Å². The fourth-order valence-electron chi connectivity index (χ4n) is 1.89. The largest absolute Gasteiger partial charge is 0.449 e. The monoisotopic (exact) mass is 348 g/mol. The van der Waals surface area contributed by atoms with Crippen molar-refractivity contribution in [2.45, 2.75) is 0 Å². The smallest absolute Gasteiger partial charge is 0.341 e. The zero-order valence-corrected chi connectivity index (χ0v) is 13.8. The van der Waals surface area contributed by atoms with Crippen molar-refractivity contribution in [1.82, 2.24) is 0 Å². The highest BCUT2D eigenvalue weighted by Crippen LogP contribution is 2.12. The third-order valence-electron chi connectivity index (χ3n) is 3.15. The van der Waals surface area contributed by atoms with E-state index in [0.717, 1.165) is 0 Å². The fraction of sp³-hybridized carbons (Fsp3) is 0.100. The maximum atomic E-state index is 11.8. The molecule has 0 unspecified atom stereocenters. The van der Waals surface area contributed by atoms with Gasteiger partial charge in [0.25, 0.3) is 0 Å². The molecule has 0 atom stereocenters. The number of para-hydroxylation sites is 2. The quantitative estimate of drug-likeness (QED) is 0.496. The molecule has 0 aliphatic rings. The van der Waals surface area contributed by atoms with E-state index in [9.17, 15) is 9.59 Å². The van der Waals surface area contributed by atoms with Gasteiger partial charge in [-0.25, -0.2) is 9.59 Å². The van der Waals surface area contributed by atoms with E-state index in [4.69, 9.17) is 20.9 Å². The number of nitrogens with two attached hydrogens (primary N) is 2. The van der Waals surface area contributed by atoms with Crippen molar-refractivity contribution in [3.8, 4) is 23.7 Å². The maximum absolute atomic E-state index is 11.8. The van der Waals surface area contributed by atoms with Gasteiger partial charge in [-0.1, -0.05) is 24.3 Å². The van der Waals surface area contributed by atoms with Crippen LogP contribution in [0.15, 0.2) is 48.5 Å². The number of carbonyl (C=O) groups excluding carboxylic acids is 2. The highest BCUT2D eigenvalue weighted by atomic mass is 16.5. The van der Waals surface area contributed by atoms with Crippen LogP contribution in [0.3, 0.4) is 0 Å². The Morgan fingerprint density at radius 3 is 1.50 bits per heavy atom. The SMILES string of the molecule is Nc1ccccc1C(=O)OCC#CC#CCOC(=O)c1ccccc1N. The van der Waals surface area contributed by atoms with Gasteiger partial charge in [0.15, 0.2) is 13.2 Å². The molecule has 0 bridgehead atoms. The minimum atomic E-state index is -0.556. The van der Waals surface area contributed by atoms with Gasteiger partial charge in [0.1, 0.15) is 0 Å². The van der Waals surface area contributed by atoms with Gasteiger partial charge in [0.05, 0.1) is 11.1 Å². The first-order chi connectivity index (χ1) is 12.6. The molecule has 6 heteroatoms. The van der Waals surface area contributed by atoms with Gasteiger partial charge < -0.3 is 20.9 Å². The first-order valence-corrected chi connectivity index (χ1v) is 7.58. The van der Waals surface area contributed by atoms with Crippen LogP contribution in [0.5, 0.6) is 0 Å². The van der Waals surface area contributed by atoms with E-state index < -0.39 is 11.9 Å². The van der Waals surface area contributed by atoms with E-state index in [-0.39, 0.29) is 24.3 Å². The summed E-state index contributed by atoms with van der Waals surface area (Å²) in [6.07, 6.45) is 0. The standard InChI is InChI=1S/C20H16N2O4/c21-17-11-5-3-9-15(17)19(23)25-13-7-1-2-8-14-26-20(24)16-10-4-6-12-18(16)22/h3-6,9-12H,13-14,21-22H2. The first-order valence-electron chi connectivity index (χ1n) is 7.58. The van der Waals surface area contributed by atoms with Gasteiger partial charge in [-0.3, -0.25) is 0 Å². The molecule has 2 rings (SSSR count). The Hall–Kier alpha value is -3.90. The van der Waals surface area contributed by atoms with Crippen LogP contribution < -0.4 is 11.5 Å². The number of hydrogen-bond donors (Lipinski definition) is 2. The van der Waals surface area contributed by atoms with Crippen molar-refractivity contribution in [2.75, 3.05) is 24.7 Å². The Morgan fingerprint density at radius 2 is 1.12 bits per heavy atom. The average molecular weight is 348 g/mol. The fourth-order valence-corrected chi connectivity index (χ4v) is 1.89. The molecule has 0 spiro atoms. The minimum Gasteiger partial charge on any atom is -0.449 e. The van der Waals surface area contributed by atoms with E-state index in [1.54, 1.807) is 48.5 Å². The Bertz CT molecular complexity index is 852. The lowest BCUT2D eigenvalue weighted by atomic mass is 10.2. The van der Waals surface area contributed by atoms with Crippen molar-refractivity contribution < 1.29 is 19.1 Å². The lowest BCUT2D eigenvalue weighted by Gasteiger charge is -2.03. The predicted octanol–water partition coefficient (Wildman–Crippen LogP) is 1.87. The lowest BCUT2D eigenvalue weighted by Crippen LogP contribution is -2.08. The number of carbonyl (C=O) groups is 2. The molecule has 0 aromatic heterocycles. The highest BCUT2D eigenvalue weighted by molar-refractivity contribution is 5.95. The molecule has 0 aliphatic heterocycles. The lowest BCUT2D eigenvalue weighted by molar-refractivity contribution is 0.0548. The zero-order valence-electron chi connectivity index (χ0n) is 13.8. The van der Waals surface area contributed by atoms with Gasteiger partial charge >= 0.3 is 11.9 Å². The summed E-state index contributed by atoms with van der Waals surface area (Å²) in [6.45, 7) is -0.246. The van der Waals surface area contributed by atoms with Crippen molar-refractivity contribution in [3.05, 3.63) is 59.7 Å². The van der Waals surface area contributed by atoms with Crippen LogP contribution in [0.25, 0.3) is 0 Å². The molecular formula is C20H16N2O4. The molecule has 0 heterocycles. The Kier molecular flexibility index (Phi) is 6.67. The summed E-state index contributed by atoms with van der Waals surface area (Å²) in [5.74, 6) is 9.01. The van der Waals surface area contributed by atoms with E-state index in [0.29, 0.717) is 11.4 Å². The second-order valence-corrected chi connectivity index (χ2v) is 4.93. The molecule has 0 radical (unpaired) electrons. The van der Waals surface area contributed by atoms with Crippen LogP contribution in [0.1, 0.15) is 20.7 Å². The van der Waals surface area contributed by atoms with Crippen LogP contribution in [0.2, 0.25) is 0 Å². The number of ether oxygens (including phenoxy) is 2. The van der Waals surface area contributed by atoms with Crippen molar-refractivity contribution >= 4 is 23.3 Å². The van der Waals surface area contributed by atoms with Crippen LogP contribution >= 0.6 is 0 Å². The van der Waals surface area contributed by atoms with Crippen LogP contribution in [-0.2, 0) is 9.47 Å². The van der Waals surface area contributed by atoms with Gasteiger partial charge in [-0.05, 0) is 47.9 Å². The molecule has 0 fully saturated rings. The first kappa shape index (κ1) is 18.4. The molecule has 0 aliphatic carbocycles. The third kappa shape index (κ3) is 5.33. The average Bonchev–Trinajstić information content (AvgIpc) is 2.64. The van der Waals surface area contributed by atoms with Gasteiger partial charge in [0.2, 0.25) is 0 Å². The van der Waals surface area contributed by atoms with Crippen LogP contribution in [0, 0.1) is 23.7 Å². The topological polar surface area (TPSA) is 105 Å². The summed E-state index contributed by atoms with van der Waals surface area (Å²) in [7, 11) is 0. The molecule has 0 saturated heterocycles. The second kappa shape index (κ2) is 9.41. The number of hydrogen-bond acceptors (Lipinski definition) is 6. The second-order valence-electron chi connectivity index (χ2n) is 4.93. The summed E-state index contributed by atoms with van der Waals surface area (Å²) >= 11 is 0. The number of rotatable bonds is 4. The summed E-state index contributed by atoms with van der Waals surface area (Å²) in [5.41, 5.74) is 12.6. The normalized spacial score (nSPS) is 9.08. The Balaban J connectivity index is 1.74. The van der Waals surface area contributed by atoms with E-state index in [1.807, 2.05) is 0 Å². The van der Waals surface area contributed by atoms with Gasteiger partial charge in [-0.2, -0.15) is 0 Å². The molecule has 130 valence electrons. The maximum Gasteiger partial charge on any atom is 0.341 e. The summed E-state index contributed by atoms with van der Waals surface area (Å²) in [4.78, 5) is 23.5. The Morgan fingerprint density at radius 1 is 0.731 bits per heavy atom. The zero-order chi connectivity index (χ0) is 18.8. The number of nitrogen functional groups attached to an aromatic ring is 2. The van der Waals surface area contributed by atoms with Crippen molar-refractivity contribution in [2.24, 2.45) is 0 Å². The summed E-state index contributed by atoms with van der Waals surface area (Å²) in [6, 6.07) is 13.2. The number of anilines is 2. The van der Waals surface area contributed by atoms with Gasteiger partial charge in [0, 0.05) is 11.4 Å². The third-order valence-corrected chi connectivity index (χ3v) is 3.15. The summed E-state index contributed by atoms with van der Waals surface area (Å²) < 4.78 is 9.93. The molecule has 0 amide bonds. The molecule has 26 heavy (non-hydrogen) atoms. The molecule has 0 saturated carbocycles. The summed E-state index contributed by atoms with van der Waals surface area (Å²) in [5, 5.41) is 0. The van der Waals surface area contributed by atoms with E-state index in [1.165, 1.54) is 0 Å². The molecule has 4 N–H and O–H groups in total. The highest BCUT2D eigenvalue weighted by Gasteiger charge is 2.09. The number of esters is 2. The molecule has 2 aromatic rings. The van der Waals surface area contributed by atoms with Crippen LogP contribution in [-0.4, -0.2) is 25.2 Å². The van der Waals surface area contributed by atoms with E-state index in [2.05, 4.69) is 23.7 Å². The van der Waals surface area contributed by atoms with E-state index >= 15 is 0 Å². The van der Waals surface area contributed by atoms with Crippen molar-refractivity contribution in [1.29, 1.82) is 0 Å². The molecule has 6 nitrogen and oxygen atoms in total. The Labute approximate surface area is 151 Å². The van der Waals surface area contributed by atoms with Crippen LogP contribution in [0.4, 0.5) is 11.4 Å². The predicted molar refractivity (Wildman–Crippen MR) is 97.8 cm³/mol. The molecule has 2 aromatic carbocycles.